The van der Waals surface area contributed by atoms with Crippen LogP contribution in [0.3, 0.4) is 0 Å². The van der Waals surface area contributed by atoms with E-state index in [9.17, 15) is 9.59 Å². The Morgan fingerprint density at radius 2 is 2.17 bits per heavy atom. The van der Waals surface area contributed by atoms with Crippen molar-refractivity contribution in [1.29, 1.82) is 0 Å². The summed E-state index contributed by atoms with van der Waals surface area (Å²) in [7, 11) is 0. The second-order valence-corrected chi connectivity index (χ2v) is 4.28. The van der Waals surface area contributed by atoms with Crippen LogP contribution in [0.25, 0.3) is 0 Å². The molecule has 0 spiro atoms. The summed E-state index contributed by atoms with van der Waals surface area (Å²) >= 11 is 0. The van der Waals surface area contributed by atoms with Gasteiger partial charge in [0.15, 0.2) is 0 Å². The van der Waals surface area contributed by atoms with E-state index < -0.39 is 11.9 Å². The molecule has 1 aliphatic heterocycles. The topological polar surface area (TPSA) is 101 Å². The van der Waals surface area contributed by atoms with Gasteiger partial charge in [0.25, 0.3) is 5.91 Å². The van der Waals surface area contributed by atoms with Crippen LogP contribution in [0, 0.1) is 0 Å². The van der Waals surface area contributed by atoms with Crippen LogP contribution >= 0.6 is 0 Å². The average Bonchev–Trinajstić information content (AvgIpc) is 2.87. The monoisotopic (exact) mass is 248 g/mol. The Kier molecular flexibility index (Phi) is 3.47. The molecule has 6 heteroatoms. The smallest absolute Gasteiger partial charge is 0.254 e. The minimum absolute atomic E-state index is 0.187. The minimum atomic E-state index is -0.494. The summed E-state index contributed by atoms with van der Waals surface area (Å²) in [6, 6.07) is 6.34. The predicted molar refractivity (Wildman–Crippen MR) is 67.5 cm³/mol. The highest BCUT2D eigenvalue weighted by molar-refractivity contribution is 5.98. The van der Waals surface area contributed by atoms with Gasteiger partial charge in [0, 0.05) is 17.8 Å². The van der Waals surface area contributed by atoms with Gasteiger partial charge in [-0.25, -0.2) is 0 Å². The zero-order valence-corrected chi connectivity index (χ0v) is 9.93. The zero-order chi connectivity index (χ0) is 13.1. The van der Waals surface area contributed by atoms with E-state index in [0.29, 0.717) is 24.2 Å². The van der Waals surface area contributed by atoms with Gasteiger partial charge in [0.1, 0.15) is 6.04 Å². The molecule has 18 heavy (non-hydrogen) atoms. The molecule has 2 rings (SSSR count). The Balaban J connectivity index is 2.22. The summed E-state index contributed by atoms with van der Waals surface area (Å²) in [5.74, 6) is 4.66. The van der Waals surface area contributed by atoms with Crippen LogP contribution in [0.5, 0.6) is 0 Å². The fraction of sp³-hybridized carbons (Fsp3) is 0.333. The number of hydrazine groups is 1. The number of nitrogens with two attached hydrogens (primary N) is 2. The van der Waals surface area contributed by atoms with E-state index in [1.807, 2.05) is 0 Å². The molecule has 1 unspecified atom stereocenters. The average molecular weight is 248 g/mol. The van der Waals surface area contributed by atoms with Crippen molar-refractivity contribution in [3.63, 3.8) is 0 Å². The van der Waals surface area contributed by atoms with Crippen molar-refractivity contribution in [2.24, 2.45) is 11.6 Å². The predicted octanol–water partition coefficient (Wildman–Crippen LogP) is 0.0621. The van der Waals surface area contributed by atoms with Crippen molar-refractivity contribution in [3.8, 4) is 0 Å². The molecule has 0 bridgehead atoms. The molecule has 1 saturated heterocycles. The van der Waals surface area contributed by atoms with E-state index in [-0.39, 0.29) is 5.91 Å². The number of hydrogen-bond donors (Lipinski definition) is 3. The number of nitrogen functional groups attached to an aromatic ring is 1. The number of benzene rings is 1. The summed E-state index contributed by atoms with van der Waals surface area (Å²) in [4.78, 5) is 25.1. The molecule has 0 aliphatic carbocycles. The Bertz CT molecular complexity index is 475. The van der Waals surface area contributed by atoms with E-state index in [4.69, 9.17) is 11.6 Å². The summed E-state index contributed by atoms with van der Waals surface area (Å²) in [6.45, 7) is 0.562. The molecule has 0 saturated carbocycles. The summed E-state index contributed by atoms with van der Waals surface area (Å²) in [5, 5.41) is 0. The molecular formula is C12H16N4O2. The van der Waals surface area contributed by atoms with Gasteiger partial charge in [0.2, 0.25) is 5.91 Å². The van der Waals surface area contributed by atoms with Crippen LogP contribution in [-0.2, 0) is 4.79 Å². The lowest BCUT2D eigenvalue weighted by molar-refractivity contribution is -0.121. The van der Waals surface area contributed by atoms with E-state index in [1.54, 1.807) is 24.3 Å². The van der Waals surface area contributed by atoms with Crippen molar-refractivity contribution in [1.82, 2.24) is 4.90 Å². The highest BCUT2D eigenvalue weighted by atomic mass is 16.2. The third-order valence-electron chi connectivity index (χ3n) is 3.12. The number of likely N-dealkylation sites (tertiary alicyclic amines) is 1. The van der Waals surface area contributed by atoms with Crippen LogP contribution in [0.1, 0.15) is 23.2 Å². The molecule has 0 radical (unpaired) electrons. The number of rotatable bonds is 3. The van der Waals surface area contributed by atoms with E-state index in [2.05, 4.69) is 5.43 Å². The maximum atomic E-state index is 12.3. The van der Waals surface area contributed by atoms with Crippen molar-refractivity contribution >= 4 is 17.5 Å². The molecular weight excluding hydrogens is 232 g/mol. The first kappa shape index (κ1) is 12.4. The summed E-state index contributed by atoms with van der Waals surface area (Å²) in [6.07, 6.45) is 1.43. The molecule has 5 N–H and O–H groups in total. The van der Waals surface area contributed by atoms with Crippen molar-refractivity contribution in [2.45, 2.75) is 18.9 Å². The Morgan fingerprint density at radius 1 is 1.39 bits per heavy atom. The van der Waals surface area contributed by atoms with Gasteiger partial charge in [0.05, 0.1) is 0 Å². The Hall–Kier alpha value is -2.08. The molecule has 96 valence electrons. The van der Waals surface area contributed by atoms with Crippen LogP contribution in [0.4, 0.5) is 5.69 Å². The number of primary amides is 1. The van der Waals surface area contributed by atoms with Gasteiger partial charge >= 0.3 is 0 Å². The van der Waals surface area contributed by atoms with Crippen molar-refractivity contribution in [2.75, 3.05) is 12.0 Å². The number of anilines is 1. The van der Waals surface area contributed by atoms with E-state index in [1.165, 1.54) is 4.90 Å². The highest BCUT2D eigenvalue weighted by Gasteiger charge is 2.33. The number of carbonyl (C=O) groups is 2. The van der Waals surface area contributed by atoms with E-state index in [0.717, 1.165) is 6.42 Å². The van der Waals surface area contributed by atoms with Crippen molar-refractivity contribution in [3.05, 3.63) is 29.8 Å². The fourth-order valence-electron chi connectivity index (χ4n) is 2.21. The van der Waals surface area contributed by atoms with Crippen LogP contribution in [0.15, 0.2) is 24.3 Å². The lowest BCUT2D eigenvalue weighted by Gasteiger charge is -2.22. The molecule has 1 aromatic rings. The first-order valence-electron chi connectivity index (χ1n) is 5.80. The molecule has 0 aromatic heterocycles. The fourth-order valence-corrected chi connectivity index (χ4v) is 2.21. The summed E-state index contributed by atoms with van der Waals surface area (Å²) < 4.78 is 0. The SMILES string of the molecule is NNc1cccc(C(=O)N2CCCC2C(N)=O)c1. The number of nitrogens with zero attached hydrogens (tertiary/aromatic N) is 1. The second kappa shape index (κ2) is 5.05. The first-order chi connectivity index (χ1) is 8.63. The standard InChI is InChI=1S/C12H16N4O2/c13-11(17)10-5-2-6-16(10)12(18)8-3-1-4-9(7-8)15-14/h1,3-4,7,10,15H,2,5-6,14H2,(H2,13,17). The lowest BCUT2D eigenvalue weighted by atomic mass is 10.1. The first-order valence-corrected chi connectivity index (χ1v) is 5.80. The number of carbonyl (C=O) groups excluding carboxylic acids is 2. The highest BCUT2D eigenvalue weighted by Crippen LogP contribution is 2.21. The maximum Gasteiger partial charge on any atom is 0.254 e. The van der Waals surface area contributed by atoms with E-state index >= 15 is 0 Å². The van der Waals surface area contributed by atoms with Gasteiger partial charge in [-0.1, -0.05) is 6.07 Å². The molecule has 1 fully saturated rings. The second-order valence-electron chi connectivity index (χ2n) is 4.28. The maximum absolute atomic E-state index is 12.3. The number of hydrogen-bond acceptors (Lipinski definition) is 4. The minimum Gasteiger partial charge on any atom is -0.368 e. The molecule has 1 atom stereocenters. The van der Waals surface area contributed by atoms with Crippen molar-refractivity contribution < 1.29 is 9.59 Å². The van der Waals surface area contributed by atoms with Crippen LogP contribution < -0.4 is 17.0 Å². The normalized spacial score (nSPS) is 18.7. The zero-order valence-electron chi connectivity index (χ0n) is 9.93. The van der Waals surface area contributed by atoms with Gasteiger partial charge in [-0.15, -0.1) is 0 Å². The largest absolute Gasteiger partial charge is 0.368 e. The lowest BCUT2D eigenvalue weighted by Crippen LogP contribution is -2.43. The third kappa shape index (κ3) is 2.28. The Morgan fingerprint density at radius 3 is 2.83 bits per heavy atom. The van der Waals surface area contributed by atoms with Gasteiger partial charge in [-0.3, -0.25) is 15.4 Å². The quantitative estimate of drug-likeness (QED) is 0.520. The molecule has 6 nitrogen and oxygen atoms in total. The van der Waals surface area contributed by atoms with Gasteiger partial charge < -0.3 is 16.1 Å². The Labute approximate surface area is 105 Å². The van der Waals surface area contributed by atoms with Crippen LogP contribution in [0.2, 0.25) is 0 Å². The molecule has 1 heterocycles. The van der Waals surface area contributed by atoms with Gasteiger partial charge in [-0.05, 0) is 31.0 Å². The molecule has 1 aliphatic rings. The number of nitrogens with one attached hydrogen (secondary N) is 1. The van der Waals surface area contributed by atoms with Gasteiger partial charge in [-0.2, -0.15) is 0 Å². The third-order valence-corrected chi connectivity index (χ3v) is 3.12. The summed E-state index contributed by atoms with van der Waals surface area (Å²) in [5.41, 5.74) is 8.93. The molecule has 2 amide bonds. The number of amides is 2. The molecule has 1 aromatic carbocycles. The van der Waals surface area contributed by atoms with Crippen LogP contribution in [-0.4, -0.2) is 29.3 Å².